The molecule has 0 spiro atoms. The van der Waals surface area contributed by atoms with Gasteiger partial charge in [0.1, 0.15) is 0 Å². The predicted molar refractivity (Wildman–Crippen MR) is 128 cm³/mol. The number of carbonyl (C=O) groups excluding carboxylic acids is 1. The molecule has 1 atom stereocenters. The zero-order chi connectivity index (χ0) is 22.0. The summed E-state index contributed by atoms with van der Waals surface area (Å²) >= 11 is 0. The van der Waals surface area contributed by atoms with Gasteiger partial charge in [-0.25, -0.2) is 14.8 Å². The van der Waals surface area contributed by atoms with Crippen molar-refractivity contribution in [3.63, 3.8) is 0 Å². The van der Waals surface area contributed by atoms with Crippen LogP contribution in [0.2, 0.25) is 0 Å². The number of aryl methyl sites for hydroxylation is 1. The number of hydrogen-bond acceptors (Lipinski definition) is 6. The largest absolute Gasteiger partial charge is 0.394 e. The molecule has 3 N–H and O–H groups in total. The third-order valence-corrected chi connectivity index (χ3v) is 6.23. The van der Waals surface area contributed by atoms with E-state index < -0.39 is 11.6 Å². The lowest BCUT2D eigenvalue weighted by Gasteiger charge is -2.33. The highest BCUT2D eigenvalue weighted by Crippen LogP contribution is 2.38. The van der Waals surface area contributed by atoms with Crippen molar-refractivity contribution in [3.05, 3.63) is 52.8 Å². The van der Waals surface area contributed by atoms with Crippen LogP contribution in [0.4, 0.5) is 10.7 Å². The molecule has 0 bridgehead atoms. The van der Waals surface area contributed by atoms with E-state index >= 15 is 0 Å². The topological polar surface area (TPSA) is 99.6 Å². The van der Waals surface area contributed by atoms with Gasteiger partial charge < -0.3 is 25.4 Å². The summed E-state index contributed by atoms with van der Waals surface area (Å²) in [6.45, 7) is 7.69. The summed E-state index contributed by atoms with van der Waals surface area (Å²) in [6.07, 6.45) is 3.69. The number of aromatic nitrogens is 2. The molecule has 4 rings (SSSR count). The first-order valence-corrected chi connectivity index (χ1v) is 10.8. The first kappa shape index (κ1) is 24.3. The van der Waals surface area contributed by atoms with Crippen LogP contribution in [0.1, 0.15) is 55.1 Å². The number of carbonyl (C=O) groups is 1. The number of anilines is 1. The molecular formula is C23H33N5O3S. The molecule has 2 amide bonds. The molecule has 32 heavy (non-hydrogen) atoms. The number of rotatable bonds is 5. The molecule has 3 heterocycles. The van der Waals surface area contributed by atoms with Crippen molar-refractivity contribution >= 4 is 25.5 Å². The molecule has 2 aliphatic heterocycles. The van der Waals surface area contributed by atoms with Crippen molar-refractivity contribution in [2.75, 3.05) is 25.1 Å². The maximum Gasteiger partial charge on any atom is 0.319 e. The second-order valence-corrected chi connectivity index (χ2v) is 8.83. The highest BCUT2D eigenvalue weighted by atomic mass is 32.1. The van der Waals surface area contributed by atoms with Crippen LogP contribution in [0.5, 0.6) is 0 Å². The zero-order valence-electron chi connectivity index (χ0n) is 18.9. The van der Waals surface area contributed by atoms with Crippen LogP contribution in [0.3, 0.4) is 0 Å². The molecule has 0 unspecified atom stereocenters. The van der Waals surface area contributed by atoms with Crippen molar-refractivity contribution in [1.82, 2.24) is 20.2 Å². The van der Waals surface area contributed by atoms with E-state index in [9.17, 15) is 9.90 Å². The van der Waals surface area contributed by atoms with E-state index in [4.69, 9.17) is 9.72 Å². The minimum absolute atomic E-state index is 0. The first-order valence-electron chi connectivity index (χ1n) is 10.8. The van der Waals surface area contributed by atoms with E-state index in [1.807, 2.05) is 51.2 Å². The monoisotopic (exact) mass is 459 g/mol. The number of amides is 2. The molecular weight excluding hydrogens is 426 g/mol. The van der Waals surface area contributed by atoms with E-state index in [0.29, 0.717) is 18.5 Å². The lowest BCUT2D eigenvalue weighted by atomic mass is 9.97. The second kappa shape index (κ2) is 10.1. The van der Waals surface area contributed by atoms with Crippen LogP contribution < -0.4 is 10.6 Å². The molecule has 9 heteroatoms. The summed E-state index contributed by atoms with van der Waals surface area (Å²) in [5.74, 6) is 0.594. The maximum absolute atomic E-state index is 13.2. The molecule has 1 saturated heterocycles. The van der Waals surface area contributed by atoms with Crippen LogP contribution >= 0.6 is 13.5 Å². The lowest BCUT2D eigenvalue weighted by molar-refractivity contribution is 0.0903. The van der Waals surface area contributed by atoms with E-state index in [2.05, 4.69) is 15.6 Å². The van der Waals surface area contributed by atoms with Gasteiger partial charge in [0.2, 0.25) is 5.95 Å². The SMILES string of the molecule is Cc1cccc([C@@H](CO)NC(=O)N2Cc3nc(NC4CCOCC4)ncc3C2(C)C)c1.S. The van der Waals surface area contributed by atoms with Gasteiger partial charge in [-0.3, -0.25) is 0 Å². The minimum atomic E-state index is -0.552. The van der Waals surface area contributed by atoms with Gasteiger partial charge in [-0.15, -0.1) is 0 Å². The Bertz CT molecular complexity index is 949. The van der Waals surface area contributed by atoms with Crippen LogP contribution in [-0.4, -0.2) is 51.9 Å². The average molecular weight is 460 g/mol. The average Bonchev–Trinajstić information content (AvgIpc) is 3.02. The summed E-state index contributed by atoms with van der Waals surface area (Å²) in [5, 5.41) is 16.3. The van der Waals surface area contributed by atoms with E-state index in [-0.39, 0.29) is 26.1 Å². The molecule has 174 valence electrons. The standard InChI is InChI=1S/C23H31N5O3.H2S/c1-15-5-4-6-16(11-15)20(14-29)27-22(30)28-13-19-18(23(28,2)3)12-24-21(26-19)25-17-7-9-31-10-8-17;/h4-6,11-12,17,20,29H,7-10,13-14H2,1-3H3,(H,27,30)(H,24,25,26);1H2/t20-;/m1./s1. The number of aliphatic hydroxyl groups is 1. The third kappa shape index (κ3) is 5.00. The number of fused-ring (bicyclic) bond motifs is 1. The van der Waals surface area contributed by atoms with Crippen LogP contribution in [0.15, 0.2) is 30.5 Å². The van der Waals surface area contributed by atoms with Gasteiger partial charge in [-0.1, -0.05) is 29.8 Å². The third-order valence-electron chi connectivity index (χ3n) is 6.23. The van der Waals surface area contributed by atoms with Gasteiger partial charge in [-0.2, -0.15) is 13.5 Å². The fourth-order valence-corrected chi connectivity index (χ4v) is 4.31. The Balaban J connectivity index is 0.00000289. The van der Waals surface area contributed by atoms with Gasteiger partial charge in [0.05, 0.1) is 30.4 Å². The zero-order valence-corrected chi connectivity index (χ0v) is 19.9. The van der Waals surface area contributed by atoms with Crippen LogP contribution in [-0.2, 0) is 16.8 Å². The fraction of sp³-hybridized carbons (Fsp3) is 0.522. The van der Waals surface area contributed by atoms with Crippen molar-refractivity contribution in [1.29, 1.82) is 0 Å². The van der Waals surface area contributed by atoms with Gasteiger partial charge >= 0.3 is 6.03 Å². The van der Waals surface area contributed by atoms with Gasteiger partial charge in [-0.05, 0) is 39.2 Å². The molecule has 0 aliphatic carbocycles. The molecule has 0 saturated carbocycles. The number of hydrogen-bond donors (Lipinski definition) is 3. The van der Waals surface area contributed by atoms with Crippen LogP contribution in [0, 0.1) is 6.92 Å². The lowest BCUT2D eigenvalue weighted by Crippen LogP contribution is -2.47. The predicted octanol–water partition coefficient (Wildman–Crippen LogP) is 2.98. The smallest absolute Gasteiger partial charge is 0.319 e. The van der Waals surface area contributed by atoms with Gasteiger partial charge in [0.15, 0.2) is 0 Å². The molecule has 2 aromatic rings. The van der Waals surface area contributed by atoms with Gasteiger partial charge in [0.25, 0.3) is 0 Å². The summed E-state index contributed by atoms with van der Waals surface area (Å²) in [4.78, 5) is 24.2. The van der Waals surface area contributed by atoms with E-state index in [0.717, 1.165) is 48.4 Å². The minimum Gasteiger partial charge on any atom is -0.394 e. The van der Waals surface area contributed by atoms with Crippen molar-refractivity contribution < 1.29 is 14.6 Å². The number of benzene rings is 1. The molecule has 1 aromatic carbocycles. The molecule has 0 radical (unpaired) electrons. The Morgan fingerprint density at radius 2 is 2.09 bits per heavy atom. The van der Waals surface area contributed by atoms with E-state index in [1.54, 1.807) is 4.90 Å². The Morgan fingerprint density at radius 1 is 1.34 bits per heavy atom. The van der Waals surface area contributed by atoms with Gasteiger partial charge in [0, 0.05) is 31.0 Å². The first-order chi connectivity index (χ1) is 14.9. The number of ether oxygens (including phenoxy) is 1. The summed E-state index contributed by atoms with van der Waals surface area (Å²) < 4.78 is 5.41. The maximum atomic E-state index is 13.2. The van der Waals surface area contributed by atoms with Crippen molar-refractivity contribution in [3.8, 4) is 0 Å². The summed E-state index contributed by atoms with van der Waals surface area (Å²) in [5.41, 5.74) is 3.20. The molecule has 1 aromatic heterocycles. The normalized spacial score (nSPS) is 18.4. The second-order valence-electron chi connectivity index (χ2n) is 8.83. The molecule has 8 nitrogen and oxygen atoms in total. The number of aliphatic hydroxyl groups excluding tert-OH is 1. The highest BCUT2D eigenvalue weighted by Gasteiger charge is 2.42. The Hall–Kier alpha value is -2.36. The van der Waals surface area contributed by atoms with E-state index in [1.165, 1.54) is 0 Å². The molecule has 2 aliphatic rings. The highest BCUT2D eigenvalue weighted by molar-refractivity contribution is 7.59. The fourth-order valence-electron chi connectivity index (χ4n) is 4.31. The van der Waals surface area contributed by atoms with Crippen LogP contribution in [0.25, 0.3) is 0 Å². The Labute approximate surface area is 196 Å². The Morgan fingerprint density at radius 3 is 2.78 bits per heavy atom. The number of nitrogens with one attached hydrogen (secondary N) is 2. The molecule has 1 fully saturated rings. The summed E-state index contributed by atoms with van der Waals surface area (Å²) in [7, 11) is 0. The van der Waals surface area contributed by atoms with Crippen molar-refractivity contribution in [2.24, 2.45) is 0 Å². The number of urea groups is 1. The quantitative estimate of drug-likeness (QED) is 0.636. The summed E-state index contributed by atoms with van der Waals surface area (Å²) in [6, 6.07) is 7.41. The van der Waals surface area contributed by atoms with Crippen molar-refractivity contribution in [2.45, 2.75) is 57.8 Å². The Kier molecular flexibility index (Phi) is 7.63. The number of nitrogens with zero attached hydrogens (tertiary/aromatic N) is 3.